The first-order valence-electron chi connectivity index (χ1n) is 6.28. The smallest absolute Gasteiger partial charge is 0.207 e. The largest absolute Gasteiger partial charge is 0.243 e. The predicted molar refractivity (Wildman–Crippen MR) is 63.9 cm³/mol. The van der Waals surface area contributed by atoms with Crippen LogP contribution in [0.1, 0.15) is 19.3 Å². The third kappa shape index (κ3) is 1.23. The number of benzene rings is 1. The third-order valence-electron chi connectivity index (χ3n) is 4.65. The Balaban J connectivity index is 1.70. The van der Waals surface area contributed by atoms with Gasteiger partial charge in [0.05, 0.1) is 4.90 Å². The summed E-state index contributed by atoms with van der Waals surface area (Å²) in [5.41, 5.74) is 0. The zero-order chi connectivity index (χ0) is 11.6. The lowest BCUT2D eigenvalue weighted by Gasteiger charge is -2.12. The molecule has 1 aromatic rings. The molecule has 1 aromatic carbocycles. The molecule has 0 N–H and O–H groups in total. The molecule has 4 rings (SSSR count). The molecule has 17 heavy (non-hydrogen) atoms. The summed E-state index contributed by atoms with van der Waals surface area (Å²) in [4.78, 5) is 0.453. The van der Waals surface area contributed by atoms with Crippen LogP contribution in [0.2, 0.25) is 0 Å². The minimum absolute atomic E-state index is 0.332. The van der Waals surface area contributed by atoms with Crippen molar-refractivity contribution >= 4 is 10.0 Å². The first-order chi connectivity index (χ1) is 8.19. The van der Waals surface area contributed by atoms with Crippen LogP contribution in [0.4, 0.5) is 0 Å². The molecule has 1 aliphatic heterocycles. The van der Waals surface area contributed by atoms with Crippen molar-refractivity contribution in [2.75, 3.05) is 0 Å². The van der Waals surface area contributed by atoms with E-state index < -0.39 is 10.0 Å². The van der Waals surface area contributed by atoms with E-state index >= 15 is 0 Å². The maximum Gasteiger partial charge on any atom is 0.243 e. The van der Waals surface area contributed by atoms with Crippen molar-refractivity contribution in [1.29, 1.82) is 0 Å². The Morgan fingerprint density at radius 2 is 1.59 bits per heavy atom. The number of piperidine rings is 1. The zero-order valence-electron chi connectivity index (χ0n) is 9.49. The molecule has 1 saturated heterocycles. The third-order valence-corrected chi connectivity index (χ3v) is 6.56. The fraction of sp³-hybridized carbons (Fsp3) is 0.538. The Bertz CT molecular complexity index is 538. The molecule has 3 fully saturated rings. The fourth-order valence-electron chi connectivity index (χ4n) is 3.93. The van der Waals surface area contributed by atoms with E-state index in [0.29, 0.717) is 28.8 Å². The topological polar surface area (TPSA) is 37.1 Å². The molecule has 2 aliphatic carbocycles. The van der Waals surface area contributed by atoms with Gasteiger partial charge < -0.3 is 0 Å². The molecule has 0 radical (unpaired) electrons. The van der Waals surface area contributed by atoms with E-state index in [0.717, 1.165) is 0 Å². The maximum absolute atomic E-state index is 12.5. The monoisotopic (exact) mass is 249 g/mol. The molecule has 3 nitrogen and oxygen atoms in total. The van der Waals surface area contributed by atoms with E-state index in [4.69, 9.17) is 0 Å². The summed E-state index contributed by atoms with van der Waals surface area (Å²) in [6.45, 7) is 0. The molecule has 0 aromatic heterocycles. The number of nitrogens with zero attached hydrogens (tertiary/aromatic N) is 1. The quantitative estimate of drug-likeness (QED) is 0.750. The zero-order valence-corrected chi connectivity index (χ0v) is 10.3. The molecule has 1 heterocycles. The first kappa shape index (κ1) is 10.1. The van der Waals surface area contributed by atoms with Gasteiger partial charge in [-0.2, -0.15) is 4.31 Å². The summed E-state index contributed by atoms with van der Waals surface area (Å²) in [7, 11) is -3.22. The van der Waals surface area contributed by atoms with Crippen LogP contribution in [0.5, 0.6) is 0 Å². The maximum atomic E-state index is 12.5. The van der Waals surface area contributed by atoms with Crippen molar-refractivity contribution in [2.45, 2.75) is 36.2 Å². The van der Waals surface area contributed by atoms with Crippen LogP contribution in [0.3, 0.4) is 0 Å². The molecule has 0 spiro atoms. The molecule has 0 unspecified atom stereocenters. The van der Waals surface area contributed by atoms with Crippen molar-refractivity contribution in [2.24, 2.45) is 11.8 Å². The highest BCUT2D eigenvalue weighted by atomic mass is 32.2. The van der Waals surface area contributed by atoms with E-state index in [1.807, 2.05) is 6.07 Å². The Morgan fingerprint density at radius 3 is 2.18 bits per heavy atom. The number of sulfonamides is 1. The van der Waals surface area contributed by atoms with E-state index in [9.17, 15) is 8.42 Å². The summed E-state index contributed by atoms with van der Waals surface area (Å²) in [5, 5.41) is 0. The molecule has 3 aliphatic rings. The normalized spacial score (nSPS) is 42.5. The van der Waals surface area contributed by atoms with Gasteiger partial charge in [-0.05, 0) is 43.2 Å². The molecule has 90 valence electrons. The van der Waals surface area contributed by atoms with E-state index in [1.165, 1.54) is 19.3 Å². The SMILES string of the molecule is O=S(=O)(c1ccccc1)N1[C@H]2[C@@H]3CC[C@H](C3)[C@@H]21. The highest BCUT2D eigenvalue weighted by Crippen LogP contribution is 2.60. The fourth-order valence-corrected chi connectivity index (χ4v) is 5.85. The summed E-state index contributed by atoms with van der Waals surface area (Å²) >= 11 is 0. The lowest BCUT2D eigenvalue weighted by molar-refractivity contribution is 0.447. The summed E-state index contributed by atoms with van der Waals surface area (Å²) in [6.07, 6.45) is 3.72. The van der Waals surface area contributed by atoms with Crippen molar-refractivity contribution < 1.29 is 8.42 Å². The highest BCUT2D eigenvalue weighted by Gasteiger charge is 2.68. The molecular formula is C13H15NO2S. The van der Waals surface area contributed by atoms with Gasteiger partial charge in [0, 0.05) is 12.1 Å². The summed E-state index contributed by atoms with van der Waals surface area (Å²) in [6, 6.07) is 9.50. The number of fused-ring (bicyclic) bond motifs is 5. The molecule has 0 amide bonds. The summed E-state index contributed by atoms with van der Waals surface area (Å²) < 4.78 is 26.7. The Labute approximate surface area is 101 Å². The number of rotatable bonds is 2. The van der Waals surface area contributed by atoms with Gasteiger partial charge in [0.25, 0.3) is 0 Å². The van der Waals surface area contributed by atoms with Crippen LogP contribution in [-0.4, -0.2) is 24.8 Å². The average Bonchev–Trinajstić information content (AvgIpc) is 2.83. The van der Waals surface area contributed by atoms with Crippen LogP contribution in [-0.2, 0) is 10.0 Å². The van der Waals surface area contributed by atoms with Crippen LogP contribution in [0, 0.1) is 11.8 Å². The van der Waals surface area contributed by atoms with E-state index in [1.54, 1.807) is 28.6 Å². The Hall–Kier alpha value is -0.870. The first-order valence-corrected chi connectivity index (χ1v) is 7.72. The van der Waals surface area contributed by atoms with Crippen molar-refractivity contribution in [3.8, 4) is 0 Å². The second-order valence-electron chi connectivity index (χ2n) is 5.46. The van der Waals surface area contributed by atoms with Crippen LogP contribution in [0.25, 0.3) is 0 Å². The molecule has 2 saturated carbocycles. The second-order valence-corrected chi connectivity index (χ2v) is 7.31. The van der Waals surface area contributed by atoms with Gasteiger partial charge in [-0.15, -0.1) is 0 Å². The highest BCUT2D eigenvalue weighted by molar-refractivity contribution is 7.89. The minimum Gasteiger partial charge on any atom is -0.207 e. The van der Waals surface area contributed by atoms with Gasteiger partial charge in [-0.25, -0.2) is 8.42 Å². The van der Waals surface area contributed by atoms with E-state index in [-0.39, 0.29) is 0 Å². The lowest BCUT2D eigenvalue weighted by Crippen LogP contribution is -2.21. The van der Waals surface area contributed by atoms with Crippen molar-refractivity contribution in [3.05, 3.63) is 30.3 Å². The van der Waals surface area contributed by atoms with Gasteiger partial charge in [-0.3, -0.25) is 0 Å². The van der Waals surface area contributed by atoms with Crippen LogP contribution >= 0.6 is 0 Å². The van der Waals surface area contributed by atoms with Crippen LogP contribution in [0.15, 0.2) is 35.2 Å². The van der Waals surface area contributed by atoms with Crippen LogP contribution < -0.4 is 0 Å². The van der Waals surface area contributed by atoms with Crippen molar-refractivity contribution in [3.63, 3.8) is 0 Å². The Kier molecular flexibility index (Phi) is 1.85. The summed E-state index contributed by atoms with van der Waals surface area (Å²) in [5.74, 6) is 1.28. The molecule has 4 heteroatoms. The minimum atomic E-state index is -3.22. The number of hydrogen-bond acceptors (Lipinski definition) is 2. The lowest BCUT2D eigenvalue weighted by atomic mass is 10.0. The molecular weight excluding hydrogens is 234 g/mol. The standard InChI is InChI=1S/C13H15NO2S/c15-17(16,11-4-2-1-3-5-11)14-12-9-6-7-10(8-9)13(12)14/h1-5,9-10,12-13H,6-8H2/t9-,10-,12+,13+/m1/s1. The van der Waals surface area contributed by atoms with Gasteiger partial charge >= 0.3 is 0 Å². The van der Waals surface area contributed by atoms with Gasteiger partial charge in [0.1, 0.15) is 0 Å². The Morgan fingerprint density at radius 1 is 1.00 bits per heavy atom. The van der Waals surface area contributed by atoms with Gasteiger partial charge in [0.2, 0.25) is 10.0 Å². The van der Waals surface area contributed by atoms with E-state index in [2.05, 4.69) is 0 Å². The second kappa shape index (κ2) is 3.12. The molecule has 2 bridgehead atoms. The van der Waals surface area contributed by atoms with Gasteiger partial charge in [-0.1, -0.05) is 18.2 Å². The van der Waals surface area contributed by atoms with Crippen molar-refractivity contribution in [1.82, 2.24) is 4.31 Å². The number of hydrogen-bond donors (Lipinski definition) is 0. The van der Waals surface area contributed by atoms with Gasteiger partial charge in [0.15, 0.2) is 0 Å². The predicted octanol–water partition coefficient (Wildman–Crippen LogP) is 1.86. The average molecular weight is 249 g/mol. The molecule has 4 atom stereocenters.